The van der Waals surface area contributed by atoms with Gasteiger partial charge in [-0.1, -0.05) is 17.7 Å². The van der Waals surface area contributed by atoms with Crippen LogP contribution in [0.2, 0.25) is 5.02 Å². The minimum absolute atomic E-state index is 0.329. The molecular formula is C14H18ClN5O. The summed E-state index contributed by atoms with van der Waals surface area (Å²) in [5, 5.41) is 3.87. The number of aromatic nitrogens is 2. The molecule has 0 spiro atoms. The number of rotatable bonds is 6. The molecule has 21 heavy (non-hydrogen) atoms. The molecule has 7 heteroatoms. The number of nitrogen functional groups attached to an aromatic ring is 1. The molecule has 4 N–H and O–H groups in total. The molecular weight excluding hydrogens is 290 g/mol. The third-order valence-corrected chi connectivity index (χ3v) is 3.21. The lowest BCUT2D eigenvalue weighted by atomic mass is 10.2. The van der Waals surface area contributed by atoms with Crippen molar-refractivity contribution in [2.75, 3.05) is 17.3 Å². The molecule has 112 valence electrons. The Hall–Kier alpha value is -1.89. The summed E-state index contributed by atoms with van der Waals surface area (Å²) < 4.78 is 5.32. The molecule has 1 aromatic heterocycles. The summed E-state index contributed by atoms with van der Waals surface area (Å²) in [6.45, 7) is 4.79. The smallest absolute Gasteiger partial charge is 0.158 e. The maximum absolute atomic E-state index is 6.11. The highest BCUT2D eigenvalue weighted by Crippen LogP contribution is 2.23. The van der Waals surface area contributed by atoms with Gasteiger partial charge in [-0.25, -0.2) is 15.8 Å². The second-order valence-electron chi connectivity index (χ2n) is 4.43. The van der Waals surface area contributed by atoms with E-state index in [9.17, 15) is 0 Å². The average molecular weight is 308 g/mol. The molecule has 1 aromatic carbocycles. The number of nitrogens with two attached hydrogens (primary N) is 1. The molecule has 0 saturated carbocycles. The summed E-state index contributed by atoms with van der Waals surface area (Å²) in [4.78, 5) is 8.60. The number of ether oxygens (including phenoxy) is 1. The van der Waals surface area contributed by atoms with E-state index >= 15 is 0 Å². The molecule has 0 aliphatic carbocycles. The second kappa shape index (κ2) is 7.21. The largest absolute Gasteiger partial charge is 0.374 e. The average Bonchev–Trinajstić information content (AvgIpc) is 2.48. The fourth-order valence-corrected chi connectivity index (χ4v) is 1.89. The SMILES string of the molecule is CCOCc1nc(NN)cc(Nc2ccc(C)c(Cl)c2)n1. The summed E-state index contributed by atoms with van der Waals surface area (Å²) in [7, 11) is 0. The van der Waals surface area contributed by atoms with Crippen molar-refractivity contribution in [2.24, 2.45) is 5.84 Å². The minimum atomic E-state index is 0.329. The van der Waals surface area contributed by atoms with Gasteiger partial charge in [0, 0.05) is 23.4 Å². The first-order valence-electron chi connectivity index (χ1n) is 6.58. The van der Waals surface area contributed by atoms with Crippen LogP contribution < -0.4 is 16.6 Å². The van der Waals surface area contributed by atoms with Gasteiger partial charge in [0.25, 0.3) is 0 Å². The van der Waals surface area contributed by atoms with Gasteiger partial charge in [-0.2, -0.15) is 0 Å². The highest BCUT2D eigenvalue weighted by atomic mass is 35.5. The van der Waals surface area contributed by atoms with E-state index in [1.54, 1.807) is 6.07 Å². The Bertz CT molecular complexity index is 620. The minimum Gasteiger partial charge on any atom is -0.374 e. The van der Waals surface area contributed by atoms with Crippen LogP contribution in [0.3, 0.4) is 0 Å². The predicted molar refractivity (Wildman–Crippen MR) is 84.6 cm³/mol. The molecule has 0 aliphatic heterocycles. The van der Waals surface area contributed by atoms with E-state index in [0.29, 0.717) is 35.7 Å². The Balaban J connectivity index is 2.23. The van der Waals surface area contributed by atoms with Crippen molar-refractivity contribution < 1.29 is 4.74 Å². The number of halogens is 1. The molecule has 0 atom stereocenters. The Morgan fingerprint density at radius 2 is 2.00 bits per heavy atom. The topological polar surface area (TPSA) is 85.1 Å². The number of hydrogen-bond donors (Lipinski definition) is 3. The van der Waals surface area contributed by atoms with Crippen molar-refractivity contribution in [3.8, 4) is 0 Å². The van der Waals surface area contributed by atoms with Crippen molar-refractivity contribution in [3.05, 3.63) is 40.7 Å². The highest BCUT2D eigenvalue weighted by Gasteiger charge is 2.05. The third-order valence-electron chi connectivity index (χ3n) is 2.80. The van der Waals surface area contributed by atoms with Crippen molar-refractivity contribution >= 4 is 28.9 Å². The normalized spacial score (nSPS) is 10.5. The zero-order valence-corrected chi connectivity index (χ0v) is 12.7. The molecule has 0 unspecified atom stereocenters. The van der Waals surface area contributed by atoms with Crippen LogP contribution in [0.5, 0.6) is 0 Å². The maximum Gasteiger partial charge on any atom is 0.158 e. The van der Waals surface area contributed by atoms with Crippen LogP contribution in [0.25, 0.3) is 0 Å². The van der Waals surface area contributed by atoms with Gasteiger partial charge in [-0.15, -0.1) is 0 Å². The Kier molecular flexibility index (Phi) is 5.32. The summed E-state index contributed by atoms with van der Waals surface area (Å²) in [6.07, 6.45) is 0. The molecule has 2 rings (SSSR count). The predicted octanol–water partition coefficient (Wildman–Crippen LogP) is 3.00. The van der Waals surface area contributed by atoms with E-state index in [1.807, 2.05) is 32.0 Å². The van der Waals surface area contributed by atoms with Crippen LogP contribution in [-0.2, 0) is 11.3 Å². The molecule has 0 bridgehead atoms. The van der Waals surface area contributed by atoms with E-state index in [-0.39, 0.29) is 0 Å². The summed E-state index contributed by atoms with van der Waals surface area (Å²) in [6, 6.07) is 7.43. The Labute approximate surface area is 128 Å². The van der Waals surface area contributed by atoms with Crippen LogP contribution in [0.1, 0.15) is 18.3 Å². The van der Waals surface area contributed by atoms with E-state index in [4.69, 9.17) is 22.2 Å². The molecule has 2 aromatic rings. The number of nitrogens with zero attached hydrogens (tertiary/aromatic N) is 2. The van der Waals surface area contributed by atoms with Gasteiger partial charge in [0.05, 0.1) is 0 Å². The van der Waals surface area contributed by atoms with E-state index in [2.05, 4.69) is 20.7 Å². The first-order chi connectivity index (χ1) is 10.1. The van der Waals surface area contributed by atoms with Crippen molar-refractivity contribution in [3.63, 3.8) is 0 Å². The lowest BCUT2D eigenvalue weighted by molar-refractivity contribution is 0.128. The fourth-order valence-electron chi connectivity index (χ4n) is 1.71. The van der Waals surface area contributed by atoms with Crippen LogP contribution in [0.15, 0.2) is 24.3 Å². The molecule has 0 saturated heterocycles. The Morgan fingerprint density at radius 1 is 1.24 bits per heavy atom. The lowest BCUT2D eigenvalue weighted by Crippen LogP contribution is -2.12. The monoisotopic (exact) mass is 307 g/mol. The van der Waals surface area contributed by atoms with Crippen LogP contribution in [0.4, 0.5) is 17.3 Å². The van der Waals surface area contributed by atoms with Gasteiger partial charge in [0.2, 0.25) is 0 Å². The number of anilines is 3. The van der Waals surface area contributed by atoms with Gasteiger partial charge >= 0.3 is 0 Å². The second-order valence-corrected chi connectivity index (χ2v) is 4.83. The van der Waals surface area contributed by atoms with Gasteiger partial charge in [0.1, 0.15) is 18.2 Å². The van der Waals surface area contributed by atoms with Crippen LogP contribution >= 0.6 is 11.6 Å². The number of aryl methyl sites for hydroxylation is 1. The molecule has 0 radical (unpaired) electrons. The van der Waals surface area contributed by atoms with Gasteiger partial charge in [0.15, 0.2) is 5.82 Å². The lowest BCUT2D eigenvalue weighted by Gasteiger charge is -2.10. The highest BCUT2D eigenvalue weighted by molar-refractivity contribution is 6.31. The summed E-state index contributed by atoms with van der Waals surface area (Å²) >= 11 is 6.11. The van der Waals surface area contributed by atoms with E-state index < -0.39 is 0 Å². The van der Waals surface area contributed by atoms with Crippen LogP contribution in [0, 0.1) is 6.92 Å². The van der Waals surface area contributed by atoms with Gasteiger partial charge in [-0.05, 0) is 31.5 Å². The molecule has 0 fully saturated rings. The third kappa shape index (κ3) is 4.29. The number of benzene rings is 1. The molecule has 1 heterocycles. The zero-order chi connectivity index (χ0) is 15.2. The van der Waals surface area contributed by atoms with Gasteiger partial charge in [-0.3, -0.25) is 0 Å². The summed E-state index contributed by atoms with van der Waals surface area (Å²) in [5.41, 5.74) is 4.38. The number of hydrazine groups is 1. The number of hydrogen-bond acceptors (Lipinski definition) is 6. The molecule has 6 nitrogen and oxygen atoms in total. The molecule has 0 amide bonds. The first-order valence-corrected chi connectivity index (χ1v) is 6.95. The maximum atomic E-state index is 6.11. The molecule has 0 aliphatic rings. The van der Waals surface area contributed by atoms with Crippen molar-refractivity contribution in [1.29, 1.82) is 0 Å². The van der Waals surface area contributed by atoms with E-state index in [1.165, 1.54) is 0 Å². The van der Waals surface area contributed by atoms with Crippen molar-refractivity contribution in [2.45, 2.75) is 20.5 Å². The van der Waals surface area contributed by atoms with Crippen molar-refractivity contribution in [1.82, 2.24) is 9.97 Å². The van der Waals surface area contributed by atoms with Crippen LogP contribution in [-0.4, -0.2) is 16.6 Å². The number of nitrogens with one attached hydrogen (secondary N) is 2. The Morgan fingerprint density at radius 3 is 2.67 bits per heavy atom. The standard InChI is InChI=1S/C14H18ClN5O/c1-3-21-8-14-18-12(7-13(19-14)20-16)17-10-5-4-9(2)11(15)6-10/h4-7H,3,8,16H2,1-2H3,(H2,17,18,19,20). The first kappa shape index (κ1) is 15.5. The fraction of sp³-hybridized carbons (Fsp3) is 0.286. The zero-order valence-electron chi connectivity index (χ0n) is 12.0. The quantitative estimate of drug-likeness (QED) is 0.562. The summed E-state index contributed by atoms with van der Waals surface area (Å²) in [5.74, 6) is 7.11. The van der Waals surface area contributed by atoms with Gasteiger partial charge < -0.3 is 15.5 Å². The van der Waals surface area contributed by atoms with E-state index in [0.717, 1.165) is 11.3 Å².